The van der Waals surface area contributed by atoms with E-state index in [0.717, 1.165) is 98.2 Å². The molecule has 11 saturated heterocycles. The van der Waals surface area contributed by atoms with E-state index in [1.54, 1.807) is 7.11 Å². The predicted octanol–water partition coefficient (Wildman–Crippen LogP) is -4.11. The molecule has 0 N–H and O–H groups in total. The molecular formula is C35H90B15N17O7. The van der Waals surface area contributed by atoms with Crippen LogP contribution in [-0.2, 0) is 32.6 Å². The lowest BCUT2D eigenvalue weighted by Crippen LogP contribution is -2.82. The topological polar surface area (TPSA) is 120 Å². The zero-order valence-corrected chi connectivity index (χ0v) is 49.7. The van der Waals surface area contributed by atoms with E-state index >= 15 is 0 Å². The van der Waals surface area contributed by atoms with Crippen LogP contribution in [0.1, 0.15) is 19.3 Å². The van der Waals surface area contributed by atoms with Gasteiger partial charge in [0.25, 0.3) is 41.9 Å². The highest BCUT2D eigenvalue weighted by Gasteiger charge is 2.63. The van der Waals surface area contributed by atoms with Crippen molar-refractivity contribution in [1.29, 1.82) is 0 Å². The Balaban J connectivity index is 0.000000136. The third-order valence-corrected chi connectivity index (χ3v) is 18.1. The number of nitrogens with zero attached hydrogens (tertiary/aromatic N) is 17. The van der Waals surface area contributed by atoms with E-state index in [1.807, 2.05) is 0 Å². The molecule has 39 heteroatoms. The Morgan fingerprint density at radius 3 is 0.797 bits per heavy atom. The van der Waals surface area contributed by atoms with E-state index in [2.05, 4.69) is 213 Å². The number of hydrogen-bond donors (Lipinski definition) is 0. The number of rotatable bonds is 3. The SMILES string of the molecule is C1CN2B(O1)N1CCOB1N1CCOB21.C1COB2N(C1)B1OCCCN1B1OCCCN21.CB1N(C)B(C)N(C)B(C)N1C.CB1N(C)B(N(C)C)N(C)B(N(C)C)N1C.COB1N(C)B(C)N(C)B(C)N1C. The molecule has 24 nitrogen and oxygen atoms in total. The standard InChI is InChI=1S/C9H18B3N3O3.C8H24B3N5.C6H12B3N3O3.C6H18B3N3O.C6H18B3N3/c1-4-13-10(16-7-1)14-5-2-9-18-12(14)15-6-3-8-17-11(13)15;1-9-14(6)10(12(2)3)16(8)11(13(4)5)15(9)7;1-4-13-7-10(1)8-12(2-5-14-8)9-11(7)3-6-15-9;1-7-10(3)8(2)12(5)9(13-6)11(7)4;1-7-10(4)8(2)12(6)9(3)11(7)5/h1-9H2;1-8H3;1-6H2;1-6H3;1-6H3. The van der Waals surface area contributed by atoms with Gasteiger partial charge in [-0.3, -0.25) is 0 Å². The highest BCUT2D eigenvalue weighted by Crippen LogP contribution is 2.31. The fourth-order valence-corrected chi connectivity index (χ4v) is 12.9. The van der Waals surface area contributed by atoms with Crippen molar-refractivity contribution >= 4 is 106 Å². The van der Waals surface area contributed by atoms with Gasteiger partial charge in [0.05, 0.1) is 0 Å². The molecule has 0 unspecified atom stereocenters. The van der Waals surface area contributed by atoms with Gasteiger partial charge in [0.15, 0.2) is 0 Å². The van der Waals surface area contributed by atoms with Crippen molar-refractivity contribution < 1.29 is 32.6 Å². The molecule has 0 aromatic rings. The van der Waals surface area contributed by atoms with E-state index in [0.29, 0.717) is 56.1 Å². The molecule has 0 aromatic heterocycles. The first kappa shape index (κ1) is 61.6. The van der Waals surface area contributed by atoms with Crippen LogP contribution in [0.3, 0.4) is 0 Å². The molecule has 0 aliphatic carbocycles. The van der Waals surface area contributed by atoms with Crippen LogP contribution in [0.4, 0.5) is 0 Å². The second-order valence-corrected chi connectivity index (χ2v) is 22.6. The summed E-state index contributed by atoms with van der Waals surface area (Å²) in [6.07, 6.45) is 3.26. The molecular weight excluding hydrogens is 933 g/mol. The van der Waals surface area contributed by atoms with E-state index < -0.39 is 0 Å². The zero-order valence-electron chi connectivity index (χ0n) is 49.7. The first-order valence-corrected chi connectivity index (χ1v) is 27.7. The summed E-state index contributed by atoms with van der Waals surface area (Å²) in [5.41, 5.74) is 0. The van der Waals surface area contributed by atoms with Crippen molar-refractivity contribution in [3.05, 3.63) is 0 Å². The third kappa shape index (κ3) is 12.7. The van der Waals surface area contributed by atoms with Gasteiger partial charge in [0.1, 0.15) is 0 Å². The predicted molar refractivity (Wildman–Crippen MR) is 316 cm³/mol. The summed E-state index contributed by atoms with van der Waals surface area (Å²) in [5, 5.41) is 0. The van der Waals surface area contributed by atoms with Crippen LogP contribution in [0.2, 0.25) is 40.9 Å². The second kappa shape index (κ2) is 27.2. The van der Waals surface area contributed by atoms with Crippen LogP contribution < -0.4 is 0 Å². The van der Waals surface area contributed by atoms with Gasteiger partial charge in [-0.25, -0.2) is 0 Å². The molecule has 11 fully saturated rings. The lowest BCUT2D eigenvalue weighted by molar-refractivity contribution is 0.104. The molecule has 0 saturated carbocycles. The van der Waals surface area contributed by atoms with Gasteiger partial charge in [-0.1, -0.05) is 40.9 Å². The molecule has 402 valence electrons. The van der Waals surface area contributed by atoms with Crippen molar-refractivity contribution in [3.63, 3.8) is 0 Å². The van der Waals surface area contributed by atoms with Crippen molar-refractivity contribution in [2.24, 2.45) is 0 Å². The molecule has 0 bridgehead atoms. The summed E-state index contributed by atoms with van der Waals surface area (Å²) in [4.78, 5) is 4.50. The van der Waals surface area contributed by atoms with Gasteiger partial charge in [-0.2, -0.15) is 0 Å². The van der Waals surface area contributed by atoms with Crippen molar-refractivity contribution in [2.45, 2.75) is 60.2 Å². The molecule has 0 aromatic carbocycles. The van der Waals surface area contributed by atoms with E-state index in [-0.39, 0.29) is 50.3 Å². The molecule has 11 rings (SSSR count). The molecule has 0 radical (unpaired) electrons. The minimum atomic E-state index is 0.0448. The zero-order chi connectivity index (χ0) is 54.0. The Labute approximate surface area is 455 Å². The Morgan fingerprint density at radius 1 is 0.311 bits per heavy atom. The average Bonchev–Trinajstić information content (AvgIpc) is 4.21. The fraction of sp³-hybridized carbons (Fsp3) is 1.00. The maximum Gasteiger partial charge on any atom is 0.462 e. The number of fused-ring (bicyclic) bond motifs is 12. The van der Waals surface area contributed by atoms with Crippen LogP contribution in [0.15, 0.2) is 0 Å². The monoisotopic (exact) mass is 1030 g/mol. The molecule has 74 heavy (non-hydrogen) atoms. The quantitative estimate of drug-likeness (QED) is 0.255. The molecule has 11 heterocycles. The fourth-order valence-electron chi connectivity index (χ4n) is 12.9. The van der Waals surface area contributed by atoms with Gasteiger partial charge < -0.3 is 113 Å². The lowest BCUT2D eigenvalue weighted by Gasteiger charge is -2.54. The normalized spacial score (nSPS) is 26.8. The Morgan fingerprint density at radius 2 is 0.541 bits per heavy atom. The van der Waals surface area contributed by atoms with Gasteiger partial charge in [-0.05, 0) is 131 Å². The van der Waals surface area contributed by atoms with Crippen LogP contribution in [0.5, 0.6) is 0 Å². The number of hydrogen-bond acceptors (Lipinski definition) is 24. The summed E-state index contributed by atoms with van der Waals surface area (Å²) < 4.78 is 75.4. The smallest absolute Gasteiger partial charge is 0.412 e. The third-order valence-electron chi connectivity index (χ3n) is 18.1. The molecule has 0 atom stereocenters. The maximum absolute atomic E-state index is 5.97. The summed E-state index contributed by atoms with van der Waals surface area (Å²) in [5.74, 6) is 0. The van der Waals surface area contributed by atoms with Crippen molar-refractivity contribution in [3.8, 4) is 0 Å². The molecule has 0 amide bonds. The summed E-state index contributed by atoms with van der Waals surface area (Å²) in [7, 11) is 30.7. The van der Waals surface area contributed by atoms with Crippen LogP contribution >= 0.6 is 0 Å². The van der Waals surface area contributed by atoms with E-state index in [1.165, 1.54) is 0 Å². The van der Waals surface area contributed by atoms with E-state index in [9.17, 15) is 0 Å². The Kier molecular flexibility index (Phi) is 22.6. The minimum Gasteiger partial charge on any atom is -0.412 e. The Bertz CT molecular complexity index is 1490. The highest BCUT2D eigenvalue weighted by atomic mass is 16.5. The second-order valence-electron chi connectivity index (χ2n) is 22.6. The average molecular weight is 1020 g/mol. The van der Waals surface area contributed by atoms with Crippen molar-refractivity contribution in [1.82, 2.24) is 80.5 Å². The van der Waals surface area contributed by atoms with Gasteiger partial charge in [0, 0.05) is 66.4 Å². The lowest BCUT2D eigenvalue weighted by atomic mass is 9.46. The van der Waals surface area contributed by atoms with Crippen LogP contribution in [0, 0.1) is 0 Å². The van der Waals surface area contributed by atoms with Crippen LogP contribution in [0.25, 0.3) is 0 Å². The molecule has 11 aliphatic heterocycles. The molecule has 0 spiro atoms. The first-order valence-electron chi connectivity index (χ1n) is 27.7. The first-order chi connectivity index (χ1) is 35.2. The van der Waals surface area contributed by atoms with E-state index in [4.69, 9.17) is 32.6 Å². The van der Waals surface area contributed by atoms with Gasteiger partial charge >= 0.3 is 64.5 Å². The maximum atomic E-state index is 5.97. The summed E-state index contributed by atoms with van der Waals surface area (Å²) in [6, 6.07) is 0. The summed E-state index contributed by atoms with van der Waals surface area (Å²) in [6.45, 7) is 27.2. The largest absolute Gasteiger partial charge is 0.462 e. The van der Waals surface area contributed by atoms with Gasteiger partial charge in [-0.15, -0.1) is 0 Å². The summed E-state index contributed by atoms with van der Waals surface area (Å²) >= 11 is 0. The minimum absolute atomic E-state index is 0.0448. The van der Waals surface area contributed by atoms with Crippen LogP contribution in [-0.4, -0.2) is 365 Å². The highest BCUT2D eigenvalue weighted by molar-refractivity contribution is 6.86. The van der Waals surface area contributed by atoms with Gasteiger partial charge in [0.2, 0.25) is 0 Å². The molecule has 11 aliphatic rings. The Hall–Kier alpha value is 0.0140. The van der Waals surface area contributed by atoms with Crippen molar-refractivity contribution in [2.75, 3.05) is 178 Å².